The highest BCUT2D eigenvalue weighted by molar-refractivity contribution is 5.34. The third-order valence-electron chi connectivity index (χ3n) is 4.08. The molecule has 1 aromatic carbocycles. The first-order valence-electron chi connectivity index (χ1n) is 7.97. The van der Waals surface area contributed by atoms with Crippen molar-refractivity contribution in [3.63, 3.8) is 0 Å². The fraction of sp³-hybridized carbons (Fsp3) is 0.667. The maximum Gasteiger partial charge on any atom is 0.0820 e. The van der Waals surface area contributed by atoms with Crippen LogP contribution in [0.5, 0.6) is 0 Å². The minimum atomic E-state index is -0.290. The number of aliphatic hydroxyl groups excluding tert-OH is 1. The highest BCUT2D eigenvalue weighted by atomic mass is 16.3. The molecule has 0 heterocycles. The van der Waals surface area contributed by atoms with Crippen LogP contribution in [0.2, 0.25) is 0 Å². The normalized spacial score (nSPS) is 12.9. The second-order valence-corrected chi connectivity index (χ2v) is 5.52. The zero-order chi connectivity index (χ0) is 14.3. The largest absolute Gasteiger partial charge is 0.388 e. The molecule has 0 spiro atoms. The van der Waals surface area contributed by atoms with E-state index in [4.69, 9.17) is 0 Å². The number of rotatable bonds is 8. The molecule has 0 aromatic heterocycles. The topological polar surface area (TPSA) is 20.2 Å². The van der Waals surface area contributed by atoms with Crippen molar-refractivity contribution in [3.05, 3.63) is 34.9 Å². The highest BCUT2D eigenvalue weighted by Gasteiger charge is 2.21. The van der Waals surface area contributed by atoms with Crippen LogP contribution in [0.3, 0.4) is 0 Å². The van der Waals surface area contributed by atoms with E-state index in [1.807, 2.05) is 0 Å². The van der Waals surface area contributed by atoms with Crippen LogP contribution in [0.4, 0.5) is 0 Å². The molecule has 1 heteroatoms. The molecule has 108 valence electrons. The summed E-state index contributed by atoms with van der Waals surface area (Å²) in [5.74, 6) is 0.410. The maximum absolute atomic E-state index is 10.8. The van der Waals surface area contributed by atoms with Crippen molar-refractivity contribution >= 4 is 0 Å². The number of aryl methyl sites for hydroxylation is 2. The van der Waals surface area contributed by atoms with Crippen LogP contribution in [0.15, 0.2) is 18.2 Å². The molecule has 0 saturated heterocycles. The van der Waals surface area contributed by atoms with Crippen LogP contribution in [0.25, 0.3) is 0 Å². The zero-order valence-electron chi connectivity index (χ0n) is 13.1. The molecule has 1 nitrogen and oxygen atoms in total. The molecule has 0 saturated carbocycles. The smallest absolute Gasteiger partial charge is 0.0820 e. The van der Waals surface area contributed by atoms with Gasteiger partial charge in [0.15, 0.2) is 0 Å². The van der Waals surface area contributed by atoms with Gasteiger partial charge in [0.1, 0.15) is 0 Å². The van der Waals surface area contributed by atoms with Crippen molar-refractivity contribution in [1.82, 2.24) is 0 Å². The predicted molar refractivity (Wildman–Crippen MR) is 83.5 cm³/mol. The second-order valence-electron chi connectivity index (χ2n) is 5.52. The van der Waals surface area contributed by atoms with E-state index >= 15 is 0 Å². The Kier molecular flexibility index (Phi) is 7.15. The first-order chi connectivity index (χ1) is 9.17. The molecule has 0 aliphatic rings. The molecule has 0 amide bonds. The van der Waals surface area contributed by atoms with Gasteiger partial charge in [-0.05, 0) is 48.3 Å². The number of benzene rings is 1. The fourth-order valence-corrected chi connectivity index (χ4v) is 2.92. The van der Waals surface area contributed by atoms with Crippen LogP contribution in [0.1, 0.15) is 76.2 Å². The molecule has 0 aliphatic heterocycles. The zero-order valence-corrected chi connectivity index (χ0v) is 13.1. The van der Waals surface area contributed by atoms with E-state index in [0.29, 0.717) is 5.92 Å². The van der Waals surface area contributed by atoms with Crippen LogP contribution in [0, 0.1) is 5.92 Å². The average molecular weight is 262 g/mol. The summed E-state index contributed by atoms with van der Waals surface area (Å²) in [4.78, 5) is 0. The van der Waals surface area contributed by atoms with Crippen LogP contribution in [-0.2, 0) is 12.8 Å². The summed E-state index contributed by atoms with van der Waals surface area (Å²) in [6.45, 7) is 8.76. The van der Waals surface area contributed by atoms with E-state index in [9.17, 15) is 5.11 Å². The standard InChI is InChI=1S/C18H30O/c1-5-9-16(10-6-2)18(19)17-13-14(7-3)11-12-15(17)8-4/h11-13,16,18-19H,5-10H2,1-4H3. The van der Waals surface area contributed by atoms with Crippen molar-refractivity contribution in [2.24, 2.45) is 5.92 Å². The van der Waals surface area contributed by atoms with Gasteiger partial charge in [-0.1, -0.05) is 58.7 Å². The SMILES string of the molecule is CCCC(CCC)C(O)c1cc(CC)ccc1CC. The van der Waals surface area contributed by atoms with E-state index in [1.54, 1.807) is 0 Å². The Morgan fingerprint density at radius 1 is 0.947 bits per heavy atom. The van der Waals surface area contributed by atoms with Crippen molar-refractivity contribution < 1.29 is 5.11 Å². The van der Waals surface area contributed by atoms with E-state index < -0.39 is 0 Å². The van der Waals surface area contributed by atoms with Crippen molar-refractivity contribution in [2.45, 2.75) is 72.3 Å². The first-order valence-corrected chi connectivity index (χ1v) is 7.97. The summed E-state index contributed by atoms with van der Waals surface area (Å²) in [6.07, 6.45) is 6.29. The molecule has 0 fully saturated rings. The fourth-order valence-electron chi connectivity index (χ4n) is 2.92. The molecule has 1 unspecified atom stereocenters. The molecule has 0 radical (unpaired) electrons. The maximum atomic E-state index is 10.8. The Hall–Kier alpha value is -0.820. The molecular formula is C18H30O. The van der Waals surface area contributed by atoms with Gasteiger partial charge in [-0.2, -0.15) is 0 Å². The Balaban J connectivity index is 3.02. The van der Waals surface area contributed by atoms with Gasteiger partial charge in [0.2, 0.25) is 0 Å². The lowest BCUT2D eigenvalue weighted by Crippen LogP contribution is -2.14. The predicted octanol–water partition coefficient (Wildman–Crippen LogP) is 5.06. The third kappa shape index (κ3) is 4.35. The summed E-state index contributed by atoms with van der Waals surface area (Å²) in [7, 11) is 0. The van der Waals surface area contributed by atoms with E-state index in [-0.39, 0.29) is 6.10 Å². The Morgan fingerprint density at radius 3 is 2.05 bits per heavy atom. The van der Waals surface area contributed by atoms with Gasteiger partial charge in [-0.25, -0.2) is 0 Å². The van der Waals surface area contributed by atoms with Crippen molar-refractivity contribution in [2.75, 3.05) is 0 Å². The lowest BCUT2D eigenvalue weighted by atomic mass is 9.85. The van der Waals surface area contributed by atoms with Gasteiger partial charge in [-0.3, -0.25) is 0 Å². The highest BCUT2D eigenvalue weighted by Crippen LogP contribution is 2.32. The Bertz CT molecular complexity index is 364. The van der Waals surface area contributed by atoms with Crippen molar-refractivity contribution in [1.29, 1.82) is 0 Å². The van der Waals surface area contributed by atoms with E-state index in [2.05, 4.69) is 45.9 Å². The number of hydrogen-bond donors (Lipinski definition) is 1. The molecular weight excluding hydrogens is 232 g/mol. The van der Waals surface area contributed by atoms with Gasteiger partial charge in [0, 0.05) is 0 Å². The lowest BCUT2D eigenvalue weighted by molar-refractivity contribution is 0.0956. The van der Waals surface area contributed by atoms with Gasteiger partial charge >= 0.3 is 0 Å². The number of aliphatic hydroxyl groups is 1. The molecule has 19 heavy (non-hydrogen) atoms. The van der Waals surface area contributed by atoms with Crippen LogP contribution >= 0.6 is 0 Å². The van der Waals surface area contributed by atoms with E-state index in [0.717, 1.165) is 38.5 Å². The van der Waals surface area contributed by atoms with Gasteiger partial charge < -0.3 is 5.11 Å². The summed E-state index contributed by atoms with van der Waals surface area (Å²) >= 11 is 0. The molecule has 0 bridgehead atoms. The summed E-state index contributed by atoms with van der Waals surface area (Å²) in [6, 6.07) is 6.62. The molecule has 1 rings (SSSR count). The minimum Gasteiger partial charge on any atom is -0.388 e. The van der Waals surface area contributed by atoms with E-state index in [1.165, 1.54) is 16.7 Å². The second kappa shape index (κ2) is 8.37. The Morgan fingerprint density at radius 2 is 1.58 bits per heavy atom. The molecule has 1 aromatic rings. The minimum absolute atomic E-state index is 0.290. The average Bonchev–Trinajstić information content (AvgIpc) is 2.45. The lowest BCUT2D eigenvalue weighted by Gasteiger charge is -2.25. The molecule has 1 atom stereocenters. The summed E-state index contributed by atoms with van der Waals surface area (Å²) in [5, 5.41) is 10.8. The molecule has 1 N–H and O–H groups in total. The molecule has 0 aliphatic carbocycles. The summed E-state index contributed by atoms with van der Waals surface area (Å²) in [5.41, 5.74) is 3.81. The first kappa shape index (κ1) is 16.2. The Labute approximate surface area is 119 Å². The van der Waals surface area contributed by atoms with Crippen molar-refractivity contribution in [3.8, 4) is 0 Å². The van der Waals surface area contributed by atoms with Crippen LogP contribution < -0.4 is 0 Å². The van der Waals surface area contributed by atoms with Crippen LogP contribution in [-0.4, -0.2) is 5.11 Å². The quantitative estimate of drug-likeness (QED) is 0.694. The summed E-state index contributed by atoms with van der Waals surface area (Å²) < 4.78 is 0. The monoisotopic (exact) mass is 262 g/mol. The van der Waals surface area contributed by atoms with Gasteiger partial charge in [-0.15, -0.1) is 0 Å². The van der Waals surface area contributed by atoms with Gasteiger partial charge in [0.05, 0.1) is 6.10 Å². The third-order valence-corrected chi connectivity index (χ3v) is 4.08. The van der Waals surface area contributed by atoms with Gasteiger partial charge in [0.25, 0.3) is 0 Å². The number of hydrogen-bond acceptors (Lipinski definition) is 1.